The number of hydrogen-bond acceptors (Lipinski definition) is 6. The number of aromatic nitrogens is 2. The summed E-state index contributed by atoms with van der Waals surface area (Å²) in [5, 5.41) is 3.86. The molecular weight excluding hydrogens is 226 g/mol. The summed E-state index contributed by atoms with van der Waals surface area (Å²) in [5.74, 6) is 2.20. The Hall–Kier alpha value is -0.590. The van der Waals surface area contributed by atoms with Gasteiger partial charge in [-0.1, -0.05) is 5.16 Å². The highest BCUT2D eigenvalue weighted by atomic mass is 32.2. The van der Waals surface area contributed by atoms with Crippen LogP contribution in [0.3, 0.4) is 0 Å². The van der Waals surface area contributed by atoms with Gasteiger partial charge >= 0.3 is 0 Å². The Morgan fingerprint density at radius 2 is 2.38 bits per heavy atom. The van der Waals surface area contributed by atoms with Crippen LogP contribution in [-0.2, 0) is 11.2 Å². The minimum atomic E-state index is -0.152. The van der Waals surface area contributed by atoms with E-state index in [1.165, 1.54) is 0 Å². The van der Waals surface area contributed by atoms with Gasteiger partial charge in [0.2, 0.25) is 5.89 Å². The Morgan fingerprint density at radius 3 is 3.06 bits per heavy atom. The van der Waals surface area contributed by atoms with E-state index in [4.69, 9.17) is 15.0 Å². The molecule has 92 valence electrons. The van der Waals surface area contributed by atoms with Gasteiger partial charge in [-0.3, -0.25) is 0 Å². The summed E-state index contributed by atoms with van der Waals surface area (Å²) in [6.07, 6.45) is 3.58. The van der Waals surface area contributed by atoms with E-state index >= 15 is 0 Å². The van der Waals surface area contributed by atoms with Gasteiger partial charge in [0.05, 0.1) is 12.6 Å². The number of nitrogens with two attached hydrogens (primary N) is 1. The minimum absolute atomic E-state index is 0.152. The van der Waals surface area contributed by atoms with Crippen LogP contribution in [0.15, 0.2) is 4.52 Å². The van der Waals surface area contributed by atoms with Crippen molar-refractivity contribution in [1.82, 2.24) is 10.1 Å². The molecule has 0 aliphatic rings. The molecule has 0 aliphatic carbocycles. The van der Waals surface area contributed by atoms with Crippen molar-refractivity contribution in [1.29, 1.82) is 0 Å². The summed E-state index contributed by atoms with van der Waals surface area (Å²) in [6, 6.07) is -0.152. The molecule has 0 aromatic carbocycles. The maximum atomic E-state index is 5.91. The zero-order chi connectivity index (χ0) is 11.8. The highest BCUT2D eigenvalue weighted by Gasteiger charge is 2.13. The summed E-state index contributed by atoms with van der Waals surface area (Å²) >= 11 is 1.76. The van der Waals surface area contributed by atoms with Crippen molar-refractivity contribution in [2.75, 3.05) is 25.2 Å². The van der Waals surface area contributed by atoms with Crippen LogP contribution in [0, 0.1) is 0 Å². The molecule has 0 amide bonds. The largest absolute Gasteiger partial charge is 0.381 e. The van der Waals surface area contributed by atoms with Crippen molar-refractivity contribution in [3.8, 4) is 0 Å². The number of thioether (sulfide) groups is 1. The maximum absolute atomic E-state index is 5.91. The van der Waals surface area contributed by atoms with Crippen molar-refractivity contribution in [2.45, 2.75) is 25.8 Å². The first-order valence-electron chi connectivity index (χ1n) is 5.42. The lowest BCUT2D eigenvalue weighted by molar-refractivity contribution is 0.149. The van der Waals surface area contributed by atoms with Crippen LogP contribution in [0.2, 0.25) is 0 Å². The number of rotatable bonds is 8. The second kappa shape index (κ2) is 7.65. The summed E-state index contributed by atoms with van der Waals surface area (Å²) < 4.78 is 10.3. The fourth-order valence-corrected chi connectivity index (χ4v) is 1.69. The molecule has 0 radical (unpaired) electrons. The minimum Gasteiger partial charge on any atom is -0.381 e. The highest BCUT2D eigenvalue weighted by molar-refractivity contribution is 7.98. The van der Waals surface area contributed by atoms with Crippen molar-refractivity contribution in [3.05, 3.63) is 11.7 Å². The topological polar surface area (TPSA) is 74.2 Å². The molecule has 1 aromatic rings. The summed E-state index contributed by atoms with van der Waals surface area (Å²) in [4.78, 5) is 4.24. The van der Waals surface area contributed by atoms with Crippen LogP contribution in [0.25, 0.3) is 0 Å². The Labute approximate surface area is 100 Å². The number of hydrogen-bond donors (Lipinski definition) is 1. The molecule has 0 bridgehead atoms. The Bertz CT molecular complexity index is 293. The van der Waals surface area contributed by atoms with E-state index in [0.717, 1.165) is 12.2 Å². The third-order valence-corrected chi connectivity index (χ3v) is 2.75. The van der Waals surface area contributed by atoms with E-state index in [9.17, 15) is 0 Å². The van der Waals surface area contributed by atoms with Gasteiger partial charge in [-0.2, -0.15) is 16.7 Å². The van der Waals surface area contributed by atoms with Gasteiger partial charge in [-0.05, 0) is 25.4 Å². The van der Waals surface area contributed by atoms with Gasteiger partial charge in [0.15, 0.2) is 5.82 Å². The third-order valence-electron chi connectivity index (χ3n) is 2.11. The Morgan fingerprint density at radius 1 is 1.56 bits per heavy atom. The first kappa shape index (κ1) is 13.5. The van der Waals surface area contributed by atoms with Crippen LogP contribution < -0.4 is 5.73 Å². The summed E-state index contributed by atoms with van der Waals surface area (Å²) in [7, 11) is 0. The molecule has 0 fully saturated rings. The Kier molecular flexibility index (Phi) is 6.44. The third kappa shape index (κ3) is 4.51. The summed E-state index contributed by atoms with van der Waals surface area (Å²) in [5.41, 5.74) is 5.91. The maximum Gasteiger partial charge on any atom is 0.243 e. The molecule has 1 heterocycles. The van der Waals surface area contributed by atoms with Crippen LogP contribution in [0.4, 0.5) is 0 Å². The molecule has 1 aromatic heterocycles. The highest BCUT2D eigenvalue weighted by Crippen LogP contribution is 2.13. The molecule has 0 spiro atoms. The second-order valence-electron chi connectivity index (χ2n) is 3.38. The Balaban J connectivity index is 2.37. The zero-order valence-corrected chi connectivity index (χ0v) is 10.6. The van der Waals surface area contributed by atoms with E-state index in [2.05, 4.69) is 10.1 Å². The lowest BCUT2D eigenvalue weighted by atomic mass is 10.2. The number of nitrogens with zero attached hydrogens (tertiary/aromatic N) is 2. The molecular formula is C10H19N3O2S. The first-order valence-corrected chi connectivity index (χ1v) is 6.82. The van der Waals surface area contributed by atoms with Gasteiger partial charge in [0.1, 0.15) is 0 Å². The molecule has 1 atom stereocenters. The molecule has 0 saturated heterocycles. The fourth-order valence-electron chi connectivity index (χ4n) is 1.20. The standard InChI is InChI=1S/C10H19N3O2S/c1-3-14-6-4-9-12-10(15-13-9)8(11)5-7-16-2/h8H,3-7,11H2,1-2H3/t8-/m0/s1. The fraction of sp³-hybridized carbons (Fsp3) is 0.800. The van der Waals surface area contributed by atoms with E-state index in [1.54, 1.807) is 11.8 Å². The van der Waals surface area contributed by atoms with Crippen molar-refractivity contribution < 1.29 is 9.26 Å². The molecule has 6 heteroatoms. The van der Waals surface area contributed by atoms with Crippen LogP contribution >= 0.6 is 11.8 Å². The van der Waals surface area contributed by atoms with Gasteiger partial charge in [0.25, 0.3) is 0 Å². The van der Waals surface area contributed by atoms with E-state index in [-0.39, 0.29) is 6.04 Å². The smallest absolute Gasteiger partial charge is 0.243 e. The van der Waals surface area contributed by atoms with Crippen LogP contribution in [0.5, 0.6) is 0 Å². The van der Waals surface area contributed by atoms with Crippen molar-refractivity contribution >= 4 is 11.8 Å². The monoisotopic (exact) mass is 245 g/mol. The molecule has 0 saturated carbocycles. The first-order chi connectivity index (χ1) is 7.77. The second-order valence-corrected chi connectivity index (χ2v) is 4.37. The predicted octanol–water partition coefficient (Wildman–Crippen LogP) is 1.40. The molecule has 2 N–H and O–H groups in total. The molecule has 0 aliphatic heterocycles. The van der Waals surface area contributed by atoms with E-state index in [0.29, 0.717) is 31.3 Å². The normalized spacial score (nSPS) is 12.9. The lowest BCUT2D eigenvalue weighted by Crippen LogP contribution is -2.11. The molecule has 1 rings (SSSR count). The van der Waals surface area contributed by atoms with Crippen molar-refractivity contribution in [2.24, 2.45) is 5.73 Å². The average Bonchev–Trinajstić information content (AvgIpc) is 2.75. The molecule has 5 nitrogen and oxygen atoms in total. The van der Waals surface area contributed by atoms with Gasteiger partial charge in [0, 0.05) is 13.0 Å². The van der Waals surface area contributed by atoms with Gasteiger partial charge < -0.3 is 15.0 Å². The quantitative estimate of drug-likeness (QED) is 0.698. The van der Waals surface area contributed by atoms with Crippen LogP contribution in [-0.4, -0.2) is 35.4 Å². The summed E-state index contributed by atoms with van der Waals surface area (Å²) in [6.45, 7) is 3.29. The lowest BCUT2D eigenvalue weighted by Gasteiger charge is -2.03. The van der Waals surface area contributed by atoms with Gasteiger partial charge in [-0.15, -0.1) is 0 Å². The predicted molar refractivity (Wildman–Crippen MR) is 64.4 cm³/mol. The van der Waals surface area contributed by atoms with Gasteiger partial charge in [-0.25, -0.2) is 0 Å². The molecule has 0 unspecified atom stereocenters. The van der Waals surface area contributed by atoms with E-state index in [1.807, 2.05) is 13.2 Å². The number of ether oxygens (including phenoxy) is 1. The van der Waals surface area contributed by atoms with Crippen molar-refractivity contribution in [3.63, 3.8) is 0 Å². The zero-order valence-electron chi connectivity index (χ0n) is 9.81. The van der Waals surface area contributed by atoms with Crippen LogP contribution in [0.1, 0.15) is 31.1 Å². The SMILES string of the molecule is CCOCCc1noc([C@@H](N)CCSC)n1. The average molecular weight is 245 g/mol. The molecule has 16 heavy (non-hydrogen) atoms. The van der Waals surface area contributed by atoms with E-state index < -0.39 is 0 Å².